The lowest BCUT2D eigenvalue weighted by atomic mass is 9.49. The van der Waals surface area contributed by atoms with Crippen LogP contribution < -0.4 is 4.74 Å². The molecule has 4 fully saturated rings. The summed E-state index contributed by atoms with van der Waals surface area (Å²) in [7, 11) is 3.19. The fraction of sp³-hybridized carbons (Fsp3) is 0.591. The maximum absolute atomic E-state index is 12.6. The molecule has 4 aliphatic carbocycles. The van der Waals surface area contributed by atoms with Gasteiger partial charge in [-0.05, 0) is 79.4 Å². The lowest BCUT2D eigenvalue weighted by Gasteiger charge is -2.55. The molecule has 4 saturated carbocycles. The van der Waals surface area contributed by atoms with E-state index in [9.17, 15) is 4.79 Å². The highest BCUT2D eigenvalue weighted by atomic mass is 16.5. The Balaban J connectivity index is 1.56. The van der Waals surface area contributed by atoms with E-state index in [0.717, 1.165) is 23.1 Å². The minimum absolute atomic E-state index is 0.0674. The van der Waals surface area contributed by atoms with Gasteiger partial charge in [-0.3, -0.25) is 4.79 Å². The Morgan fingerprint density at radius 2 is 1.60 bits per heavy atom. The van der Waals surface area contributed by atoms with Crippen molar-refractivity contribution in [1.29, 1.82) is 0 Å². The minimum Gasteiger partial charge on any atom is -0.497 e. The topological polar surface area (TPSA) is 35.5 Å². The highest BCUT2D eigenvalue weighted by molar-refractivity contribution is 5.76. The Hall–Kier alpha value is -1.77. The summed E-state index contributed by atoms with van der Waals surface area (Å²) in [6.45, 7) is 0. The van der Waals surface area contributed by atoms with E-state index >= 15 is 0 Å². The monoisotopic (exact) mass is 340 g/mol. The third-order valence-electron chi connectivity index (χ3n) is 6.80. The number of hydrogen-bond acceptors (Lipinski definition) is 3. The Labute approximate surface area is 150 Å². The second-order valence-corrected chi connectivity index (χ2v) is 8.19. The third kappa shape index (κ3) is 3.21. The number of rotatable bonds is 5. The van der Waals surface area contributed by atoms with E-state index in [0.29, 0.717) is 17.8 Å². The Morgan fingerprint density at radius 1 is 1.00 bits per heavy atom. The van der Waals surface area contributed by atoms with Crippen LogP contribution in [0.1, 0.15) is 37.7 Å². The molecule has 3 nitrogen and oxygen atoms in total. The van der Waals surface area contributed by atoms with Gasteiger partial charge >= 0.3 is 5.97 Å². The number of carbonyl (C=O) groups is 1. The van der Waals surface area contributed by atoms with E-state index in [4.69, 9.17) is 9.47 Å². The molecule has 1 aromatic rings. The Morgan fingerprint density at radius 3 is 2.12 bits per heavy atom. The van der Waals surface area contributed by atoms with Gasteiger partial charge in [0, 0.05) is 0 Å². The summed E-state index contributed by atoms with van der Waals surface area (Å²) in [5.74, 6) is 4.40. The van der Waals surface area contributed by atoms with E-state index in [1.807, 2.05) is 24.3 Å². The Bertz CT molecular complexity index is 618. The van der Waals surface area contributed by atoms with Crippen molar-refractivity contribution in [2.45, 2.75) is 32.1 Å². The summed E-state index contributed by atoms with van der Waals surface area (Å²) in [4.78, 5) is 12.6. The fourth-order valence-electron chi connectivity index (χ4n) is 5.98. The minimum atomic E-state index is -0.109. The summed E-state index contributed by atoms with van der Waals surface area (Å²) in [6, 6.07) is 7.96. The normalized spacial score (nSPS) is 34.2. The zero-order valence-corrected chi connectivity index (χ0v) is 15.2. The zero-order valence-electron chi connectivity index (χ0n) is 15.2. The first-order chi connectivity index (χ1) is 12.2. The average Bonchev–Trinajstić information content (AvgIpc) is 2.63. The molecule has 0 spiro atoms. The number of methoxy groups -OCH3 is 2. The number of carbonyl (C=O) groups excluding carboxylic acids is 1. The fourth-order valence-corrected chi connectivity index (χ4v) is 5.98. The predicted octanol–water partition coefficient (Wildman–Crippen LogP) is 4.57. The maximum Gasteiger partial charge on any atom is 0.312 e. The van der Waals surface area contributed by atoms with Crippen molar-refractivity contribution in [2.75, 3.05) is 14.2 Å². The standard InChI is InChI=1S/C22H28O3/c1-24-19-6-3-14(4-7-19)5-8-20(22(23)25-2)21-17-10-15-9-16(12-17)13-18(21)11-15/h3-8,15-18,20-21H,9-13H2,1-2H3/t15?,16?,17?,18?,20-,21?/m0/s1. The van der Waals surface area contributed by atoms with Gasteiger partial charge in [0.2, 0.25) is 0 Å². The first kappa shape index (κ1) is 16.7. The molecule has 4 bridgehead atoms. The van der Waals surface area contributed by atoms with Crippen LogP contribution in [0, 0.1) is 35.5 Å². The lowest BCUT2D eigenvalue weighted by molar-refractivity contribution is -0.151. The van der Waals surface area contributed by atoms with Crippen LogP contribution in [0.15, 0.2) is 30.3 Å². The molecule has 1 atom stereocenters. The lowest BCUT2D eigenvalue weighted by Crippen LogP contribution is -2.48. The molecule has 0 radical (unpaired) electrons. The van der Waals surface area contributed by atoms with E-state index in [1.165, 1.54) is 39.2 Å². The molecule has 0 saturated heterocycles. The van der Waals surface area contributed by atoms with Crippen molar-refractivity contribution in [1.82, 2.24) is 0 Å². The van der Waals surface area contributed by atoms with E-state index in [-0.39, 0.29) is 11.9 Å². The van der Waals surface area contributed by atoms with Crippen LogP contribution in [0.2, 0.25) is 0 Å². The summed E-state index contributed by atoms with van der Waals surface area (Å²) in [6.07, 6.45) is 10.9. The molecule has 3 heteroatoms. The largest absolute Gasteiger partial charge is 0.497 e. The highest BCUT2D eigenvalue weighted by Gasteiger charge is 2.51. The van der Waals surface area contributed by atoms with Gasteiger partial charge in [-0.1, -0.05) is 24.3 Å². The van der Waals surface area contributed by atoms with Crippen molar-refractivity contribution >= 4 is 12.0 Å². The van der Waals surface area contributed by atoms with Gasteiger partial charge in [0.1, 0.15) is 5.75 Å². The molecule has 0 aliphatic heterocycles. The molecule has 1 aromatic carbocycles. The Kier molecular flexibility index (Phi) is 4.58. The van der Waals surface area contributed by atoms with Crippen molar-refractivity contribution in [3.63, 3.8) is 0 Å². The maximum atomic E-state index is 12.6. The first-order valence-electron chi connectivity index (χ1n) is 9.58. The second kappa shape index (κ2) is 6.86. The van der Waals surface area contributed by atoms with E-state index < -0.39 is 0 Å². The smallest absolute Gasteiger partial charge is 0.312 e. The average molecular weight is 340 g/mol. The summed E-state index contributed by atoms with van der Waals surface area (Å²) < 4.78 is 10.4. The third-order valence-corrected chi connectivity index (χ3v) is 6.80. The van der Waals surface area contributed by atoms with Gasteiger partial charge in [0.05, 0.1) is 20.1 Å². The molecule has 0 N–H and O–H groups in total. The first-order valence-corrected chi connectivity index (χ1v) is 9.58. The molecular formula is C22H28O3. The summed E-state index contributed by atoms with van der Waals surface area (Å²) >= 11 is 0. The van der Waals surface area contributed by atoms with Gasteiger partial charge in [-0.15, -0.1) is 0 Å². The SMILES string of the molecule is COC(=O)[C@@H](C=Cc1ccc(OC)cc1)C1C2CC3CC(C2)CC1C3. The van der Waals surface area contributed by atoms with Gasteiger partial charge in [-0.25, -0.2) is 0 Å². The van der Waals surface area contributed by atoms with E-state index in [2.05, 4.69) is 12.2 Å². The number of esters is 1. The van der Waals surface area contributed by atoms with Crippen LogP contribution in [0.3, 0.4) is 0 Å². The molecule has 5 rings (SSSR count). The van der Waals surface area contributed by atoms with Crippen LogP contribution in [0.4, 0.5) is 0 Å². The number of benzene rings is 1. The predicted molar refractivity (Wildman–Crippen MR) is 98.1 cm³/mol. The van der Waals surface area contributed by atoms with Crippen LogP contribution in [-0.2, 0) is 9.53 Å². The van der Waals surface area contributed by atoms with Gasteiger partial charge in [-0.2, -0.15) is 0 Å². The number of hydrogen-bond donors (Lipinski definition) is 0. The van der Waals surface area contributed by atoms with Crippen molar-refractivity contribution in [2.24, 2.45) is 35.5 Å². The molecule has 0 unspecified atom stereocenters. The highest BCUT2D eigenvalue weighted by Crippen LogP contribution is 2.58. The molecular weight excluding hydrogens is 312 g/mol. The molecule has 0 aromatic heterocycles. The van der Waals surface area contributed by atoms with E-state index in [1.54, 1.807) is 7.11 Å². The van der Waals surface area contributed by atoms with Gasteiger partial charge in [0.25, 0.3) is 0 Å². The van der Waals surface area contributed by atoms with Crippen molar-refractivity contribution in [3.8, 4) is 5.75 Å². The summed E-state index contributed by atoms with van der Waals surface area (Å²) in [5.41, 5.74) is 1.10. The van der Waals surface area contributed by atoms with Crippen LogP contribution >= 0.6 is 0 Å². The van der Waals surface area contributed by atoms with Gasteiger partial charge in [0.15, 0.2) is 0 Å². The van der Waals surface area contributed by atoms with Crippen LogP contribution in [0.5, 0.6) is 5.75 Å². The molecule has 0 amide bonds. The van der Waals surface area contributed by atoms with Crippen LogP contribution in [-0.4, -0.2) is 20.2 Å². The molecule has 134 valence electrons. The molecule has 4 aliphatic rings. The van der Waals surface area contributed by atoms with Gasteiger partial charge < -0.3 is 9.47 Å². The molecule has 0 heterocycles. The van der Waals surface area contributed by atoms with Crippen molar-refractivity contribution in [3.05, 3.63) is 35.9 Å². The van der Waals surface area contributed by atoms with Crippen molar-refractivity contribution < 1.29 is 14.3 Å². The van der Waals surface area contributed by atoms with Crippen LogP contribution in [0.25, 0.3) is 6.08 Å². The summed E-state index contributed by atoms with van der Waals surface area (Å²) in [5, 5.41) is 0. The molecule has 25 heavy (non-hydrogen) atoms. The quantitative estimate of drug-likeness (QED) is 0.737. The second-order valence-electron chi connectivity index (χ2n) is 8.19. The zero-order chi connectivity index (χ0) is 17.4. The number of ether oxygens (including phenoxy) is 2.